The summed E-state index contributed by atoms with van der Waals surface area (Å²) in [4.78, 5) is 0. The first-order chi connectivity index (χ1) is 7.83. The Bertz CT molecular complexity index is 448. The number of hydrogen-bond acceptors (Lipinski definition) is 2. The van der Waals surface area contributed by atoms with Crippen LogP contribution in [0.2, 0.25) is 0 Å². The van der Waals surface area contributed by atoms with Gasteiger partial charge in [0.05, 0.1) is 11.8 Å². The molecule has 0 saturated carbocycles. The highest BCUT2D eigenvalue weighted by molar-refractivity contribution is 5.67. The highest BCUT2D eigenvalue weighted by Crippen LogP contribution is 2.28. The van der Waals surface area contributed by atoms with Crippen molar-refractivity contribution in [2.45, 2.75) is 26.3 Å². The van der Waals surface area contributed by atoms with Crippen LogP contribution in [0.25, 0.3) is 11.1 Å². The van der Waals surface area contributed by atoms with E-state index in [1.54, 1.807) is 10.9 Å². The monoisotopic (exact) mass is 216 g/mol. The van der Waals surface area contributed by atoms with Gasteiger partial charge in [-0.1, -0.05) is 43.7 Å². The van der Waals surface area contributed by atoms with E-state index in [1.807, 2.05) is 30.3 Å². The Labute approximate surface area is 95.3 Å². The number of aryl methyl sites for hydroxylation is 1. The van der Waals surface area contributed by atoms with Gasteiger partial charge in [0.25, 0.3) is 0 Å². The third-order valence-corrected chi connectivity index (χ3v) is 2.62. The molecule has 0 saturated heterocycles. The van der Waals surface area contributed by atoms with Gasteiger partial charge in [0, 0.05) is 6.54 Å². The summed E-state index contributed by atoms with van der Waals surface area (Å²) in [5.41, 5.74) is 1.81. The van der Waals surface area contributed by atoms with Gasteiger partial charge >= 0.3 is 0 Å². The van der Waals surface area contributed by atoms with Crippen molar-refractivity contribution in [1.82, 2.24) is 9.78 Å². The van der Waals surface area contributed by atoms with Crippen LogP contribution in [-0.4, -0.2) is 14.9 Å². The van der Waals surface area contributed by atoms with Crippen molar-refractivity contribution >= 4 is 0 Å². The van der Waals surface area contributed by atoms with Crippen LogP contribution in [0.4, 0.5) is 0 Å². The third kappa shape index (κ3) is 2.08. The number of rotatable bonds is 4. The Kier molecular flexibility index (Phi) is 3.25. The summed E-state index contributed by atoms with van der Waals surface area (Å²) in [5.74, 6) is 0.264. The number of unbranched alkanes of at least 4 members (excludes halogenated alkanes) is 1. The minimum absolute atomic E-state index is 0.264. The van der Waals surface area contributed by atoms with Gasteiger partial charge in [0.1, 0.15) is 0 Å². The third-order valence-electron chi connectivity index (χ3n) is 2.62. The van der Waals surface area contributed by atoms with Crippen LogP contribution in [0, 0.1) is 0 Å². The molecule has 3 heteroatoms. The molecule has 0 aliphatic rings. The van der Waals surface area contributed by atoms with E-state index in [0.717, 1.165) is 30.5 Å². The predicted octanol–water partition coefficient (Wildman–Crippen LogP) is 3.06. The lowest BCUT2D eigenvalue weighted by molar-refractivity contribution is 0.395. The van der Waals surface area contributed by atoms with E-state index in [4.69, 9.17) is 0 Å². The lowest BCUT2D eigenvalue weighted by Crippen LogP contribution is -1.98. The first-order valence-corrected chi connectivity index (χ1v) is 5.63. The Morgan fingerprint density at radius 1 is 1.25 bits per heavy atom. The highest BCUT2D eigenvalue weighted by atomic mass is 16.3. The zero-order valence-corrected chi connectivity index (χ0v) is 9.43. The first-order valence-electron chi connectivity index (χ1n) is 5.63. The summed E-state index contributed by atoms with van der Waals surface area (Å²) in [6.45, 7) is 2.90. The Balaban J connectivity index is 2.27. The van der Waals surface area contributed by atoms with Crippen LogP contribution in [0.5, 0.6) is 5.88 Å². The molecular formula is C13H16N2O. The van der Waals surface area contributed by atoms with Crippen molar-refractivity contribution in [2.75, 3.05) is 0 Å². The van der Waals surface area contributed by atoms with Crippen molar-refractivity contribution in [3.05, 3.63) is 36.5 Å². The normalized spacial score (nSPS) is 10.6. The van der Waals surface area contributed by atoms with E-state index in [-0.39, 0.29) is 5.88 Å². The van der Waals surface area contributed by atoms with Crippen molar-refractivity contribution in [2.24, 2.45) is 0 Å². The van der Waals surface area contributed by atoms with Crippen molar-refractivity contribution < 1.29 is 5.11 Å². The Morgan fingerprint density at radius 2 is 2.00 bits per heavy atom. The summed E-state index contributed by atoms with van der Waals surface area (Å²) in [7, 11) is 0. The second kappa shape index (κ2) is 4.84. The fourth-order valence-corrected chi connectivity index (χ4v) is 1.67. The summed E-state index contributed by atoms with van der Waals surface area (Å²) in [6, 6.07) is 9.82. The van der Waals surface area contributed by atoms with Gasteiger partial charge in [0.2, 0.25) is 5.88 Å². The second-order valence-corrected chi connectivity index (χ2v) is 3.82. The summed E-state index contributed by atoms with van der Waals surface area (Å²) in [5, 5.41) is 14.2. The molecule has 0 atom stereocenters. The SMILES string of the molecule is CCCCn1ncc(-c2ccccc2)c1O. The molecule has 0 amide bonds. The van der Waals surface area contributed by atoms with Crippen LogP contribution >= 0.6 is 0 Å². The van der Waals surface area contributed by atoms with Crippen LogP contribution < -0.4 is 0 Å². The van der Waals surface area contributed by atoms with E-state index >= 15 is 0 Å². The van der Waals surface area contributed by atoms with Gasteiger partial charge < -0.3 is 5.11 Å². The van der Waals surface area contributed by atoms with Crippen molar-refractivity contribution in [3.63, 3.8) is 0 Å². The summed E-state index contributed by atoms with van der Waals surface area (Å²) < 4.78 is 1.66. The maximum Gasteiger partial charge on any atom is 0.217 e. The minimum Gasteiger partial charge on any atom is -0.493 e. The molecule has 2 rings (SSSR count). The zero-order valence-electron chi connectivity index (χ0n) is 9.43. The number of nitrogens with zero attached hydrogens (tertiary/aromatic N) is 2. The average molecular weight is 216 g/mol. The fourth-order valence-electron chi connectivity index (χ4n) is 1.67. The topological polar surface area (TPSA) is 38.0 Å². The molecule has 0 unspecified atom stereocenters. The van der Waals surface area contributed by atoms with Gasteiger partial charge in [-0.3, -0.25) is 0 Å². The molecule has 0 radical (unpaired) electrons. The van der Waals surface area contributed by atoms with Gasteiger partial charge in [-0.15, -0.1) is 0 Å². The molecule has 1 aromatic heterocycles. The fraction of sp³-hybridized carbons (Fsp3) is 0.308. The standard InChI is InChI=1S/C13H16N2O/c1-2-3-9-15-13(16)12(10-14-15)11-7-5-4-6-8-11/h4-8,10,16H,2-3,9H2,1H3. The molecule has 2 aromatic rings. The maximum absolute atomic E-state index is 10.0. The quantitative estimate of drug-likeness (QED) is 0.853. The molecule has 1 aromatic carbocycles. The van der Waals surface area contributed by atoms with Crippen LogP contribution in [0.15, 0.2) is 36.5 Å². The second-order valence-electron chi connectivity index (χ2n) is 3.82. The van der Waals surface area contributed by atoms with Gasteiger partial charge in [-0.05, 0) is 12.0 Å². The van der Waals surface area contributed by atoms with Gasteiger partial charge in [0.15, 0.2) is 0 Å². The number of hydrogen-bond donors (Lipinski definition) is 1. The van der Waals surface area contributed by atoms with Gasteiger partial charge in [-0.2, -0.15) is 5.10 Å². The molecule has 16 heavy (non-hydrogen) atoms. The van der Waals surface area contributed by atoms with Crippen LogP contribution in [0.1, 0.15) is 19.8 Å². The lowest BCUT2D eigenvalue weighted by atomic mass is 10.1. The average Bonchev–Trinajstić information content (AvgIpc) is 2.69. The van der Waals surface area contributed by atoms with E-state index in [9.17, 15) is 5.11 Å². The number of aromatic hydroxyl groups is 1. The van der Waals surface area contributed by atoms with E-state index in [2.05, 4.69) is 12.0 Å². The Hall–Kier alpha value is -1.77. The molecule has 0 fully saturated rings. The van der Waals surface area contributed by atoms with E-state index < -0.39 is 0 Å². The van der Waals surface area contributed by atoms with E-state index in [0.29, 0.717) is 0 Å². The molecule has 84 valence electrons. The summed E-state index contributed by atoms with van der Waals surface area (Å²) >= 11 is 0. The maximum atomic E-state index is 10.0. The van der Waals surface area contributed by atoms with Crippen LogP contribution in [0.3, 0.4) is 0 Å². The number of benzene rings is 1. The molecule has 0 aliphatic carbocycles. The minimum atomic E-state index is 0.264. The molecule has 1 N–H and O–H groups in total. The van der Waals surface area contributed by atoms with Crippen LogP contribution in [-0.2, 0) is 6.54 Å². The zero-order chi connectivity index (χ0) is 11.4. The number of aromatic nitrogens is 2. The lowest BCUT2D eigenvalue weighted by Gasteiger charge is -2.02. The molecule has 0 bridgehead atoms. The molecule has 3 nitrogen and oxygen atoms in total. The largest absolute Gasteiger partial charge is 0.493 e. The molecule has 0 spiro atoms. The predicted molar refractivity (Wildman–Crippen MR) is 64.2 cm³/mol. The Morgan fingerprint density at radius 3 is 2.69 bits per heavy atom. The first kappa shape index (κ1) is 10.7. The molecule has 1 heterocycles. The highest BCUT2D eigenvalue weighted by Gasteiger charge is 2.10. The smallest absolute Gasteiger partial charge is 0.217 e. The summed E-state index contributed by atoms with van der Waals surface area (Å²) in [6.07, 6.45) is 3.85. The van der Waals surface area contributed by atoms with Crippen molar-refractivity contribution in [1.29, 1.82) is 0 Å². The molecular weight excluding hydrogens is 200 g/mol. The van der Waals surface area contributed by atoms with Gasteiger partial charge in [-0.25, -0.2) is 4.68 Å². The molecule has 0 aliphatic heterocycles. The van der Waals surface area contributed by atoms with E-state index in [1.165, 1.54) is 0 Å². The van der Waals surface area contributed by atoms with Crippen molar-refractivity contribution in [3.8, 4) is 17.0 Å².